The first-order valence-electron chi connectivity index (χ1n) is 8.73. The van der Waals surface area contributed by atoms with E-state index >= 15 is 0 Å². The molecule has 7 nitrogen and oxygen atoms in total. The average molecular weight is 375 g/mol. The SMILES string of the molecule is CNC(=O)c1cccc(Nc2cc(NCc3ccccc3)c(C(N)=O)cn2)c1. The molecule has 7 heteroatoms. The minimum absolute atomic E-state index is 0.175. The summed E-state index contributed by atoms with van der Waals surface area (Å²) in [5.74, 6) is -0.211. The van der Waals surface area contributed by atoms with Crippen LogP contribution in [0, 0.1) is 0 Å². The van der Waals surface area contributed by atoms with Gasteiger partial charge in [0.25, 0.3) is 11.8 Å². The highest BCUT2D eigenvalue weighted by Gasteiger charge is 2.11. The lowest BCUT2D eigenvalue weighted by Gasteiger charge is -2.13. The number of nitrogens with zero attached hydrogens (tertiary/aromatic N) is 1. The van der Waals surface area contributed by atoms with Crippen molar-refractivity contribution in [3.05, 3.63) is 83.6 Å². The van der Waals surface area contributed by atoms with Gasteiger partial charge in [-0.25, -0.2) is 4.98 Å². The molecule has 1 heterocycles. The van der Waals surface area contributed by atoms with Gasteiger partial charge in [0, 0.05) is 37.1 Å². The topological polar surface area (TPSA) is 109 Å². The molecule has 3 aromatic rings. The molecule has 5 N–H and O–H groups in total. The van der Waals surface area contributed by atoms with Crippen molar-refractivity contribution in [2.75, 3.05) is 17.7 Å². The number of nitrogens with one attached hydrogen (secondary N) is 3. The summed E-state index contributed by atoms with van der Waals surface area (Å²) in [5, 5.41) is 8.97. The van der Waals surface area contributed by atoms with Gasteiger partial charge in [-0.2, -0.15) is 0 Å². The highest BCUT2D eigenvalue weighted by Crippen LogP contribution is 2.22. The normalized spacial score (nSPS) is 10.2. The number of anilines is 3. The van der Waals surface area contributed by atoms with Crippen molar-refractivity contribution < 1.29 is 9.59 Å². The Labute approximate surface area is 163 Å². The van der Waals surface area contributed by atoms with Crippen LogP contribution in [0.1, 0.15) is 26.3 Å². The number of hydrogen-bond donors (Lipinski definition) is 4. The van der Waals surface area contributed by atoms with Gasteiger partial charge >= 0.3 is 0 Å². The van der Waals surface area contributed by atoms with Crippen molar-refractivity contribution in [3.8, 4) is 0 Å². The van der Waals surface area contributed by atoms with Crippen molar-refractivity contribution in [1.29, 1.82) is 0 Å². The van der Waals surface area contributed by atoms with Crippen LogP contribution in [0.5, 0.6) is 0 Å². The van der Waals surface area contributed by atoms with Gasteiger partial charge in [-0.05, 0) is 23.8 Å². The summed E-state index contributed by atoms with van der Waals surface area (Å²) in [6, 6.07) is 18.6. The third-order valence-corrected chi connectivity index (χ3v) is 4.12. The lowest BCUT2D eigenvalue weighted by Crippen LogP contribution is -2.17. The molecular weight excluding hydrogens is 354 g/mol. The summed E-state index contributed by atoms with van der Waals surface area (Å²) in [4.78, 5) is 27.8. The summed E-state index contributed by atoms with van der Waals surface area (Å²) in [5.41, 5.74) is 8.66. The van der Waals surface area contributed by atoms with Gasteiger partial charge in [0.15, 0.2) is 0 Å². The minimum atomic E-state index is -0.559. The van der Waals surface area contributed by atoms with Crippen LogP contribution in [0.25, 0.3) is 0 Å². The molecule has 0 aliphatic heterocycles. The standard InChI is InChI=1S/C21H21N5O2/c1-23-21(28)15-8-5-9-16(10-15)26-19-11-18(17(13-25-19)20(22)27)24-12-14-6-3-2-4-7-14/h2-11,13H,12H2,1H3,(H2,22,27)(H,23,28)(H2,24,25,26). The number of amides is 2. The largest absolute Gasteiger partial charge is 0.380 e. The van der Waals surface area contributed by atoms with E-state index < -0.39 is 5.91 Å². The number of nitrogens with two attached hydrogens (primary N) is 1. The number of rotatable bonds is 7. The van der Waals surface area contributed by atoms with Gasteiger partial charge in [0.05, 0.1) is 11.3 Å². The predicted octanol–water partition coefficient (Wildman–Crippen LogP) is 2.90. The Balaban J connectivity index is 1.82. The highest BCUT2D eigenvalue weighted by atomic mass is 16.1. The van der Waals surface area contributed by atoms with Gasteiger partial charge in [-0.1, -0.05) is 36.4 Å². The number of primary amides is 1. The van der Waals surface area contributed by atoms with E-state index in [1.54, 1.807) is 31.3 Å². The zero-order valence-corrected chi connectivity index (χ0v) is 15.4. The minimum Gasteiger partial charge on any atom is -0.380 e. The maximum absolute atomic E-state index is 11.8. The molecule has 0 fully saturated rings. The third kappa shape index (κ3) is 4.64. The van der Waals surface area contributed by atoms with E-state index in [0.29, 0.717) is 34.9 Å². The quantitative estimate of drug-likeness (QED) is 0.508. The monoisotopic (exact) mass is 375 g/mol. The number of carbonyl (C=O) groups is 2. The van der Waals surface area contributed by atoms with Gasteiger partial charge in [0.1, 0.15) is 5.82 Å². The summed E-state index contributed by atoms with van der Waals surface area (Å²) >= 11 is 0. The van der Waals surface area contributed by atoms with Crippen LogP contribution in [0.4, 0.5) is 17.2 Å². The van der Waals surface area contributed by atoms with Crippen LogP contribution in [-0.2, 0) is 6.54 Å². The van der Waals surface area contributed by atoms with E-state index in [1.807, 2.05) is 36.4 Å². The molecule has 3 rings (SSSR count). The van der Waals surface area contributed by atoms with Crippen LogP contribution < -0.4 is 21.7 Å². The van der Waals surface area contributed by atoms with Gasteiger partial charge in [-0.3, -0.25) is 9.59 Å². The van der Waals surface area contributed by atoms with Crippen molar-refractivity contribution in [2.45, 2.75) is 6.54 Å². The smallest absolute Gasteiger partial charge is 0.252 e. The summed E-state index contributed by atoms with van der Waals surface area (Å²) in [6.45, 7) is 0.538. The Morgan fingerprint density at radius 3 is 2.54 bits per heavy atom. The molecule has 0 spiro atoms. The Kier molecular flexibility index (Phi) is 5.86. The number of pyridine rings is 1. The van der Waals surface area contributed by atoms with E-state index in [0.717, 1.165) is 5.56 Å². The average Bonchev–Trinajstić information content (AvgIpc) is 2.72. The van der Waals surface area contributed by atoms with Crippen molar-refractivity contribution in [1.82, 2.24) is 10.3 Å². The lowest BCUT2D eigenvalue weighted by atomic mass is 10.1. The highest BCUT2D eigenvalue weighted by molar-refractivity contribution is 5.98. The number of hydrogen-bond acceptors (Lipinski definition) is 5. The molecule has 0 aliphatic carbocycles. The molecule has 2 amide bonds. The molecule has 0 atom stereocenters. The fourth-order valence-electron chi connectivity index (χ4n) is 2.69. The number of aromatic nitrogens is 1. The Hall–Kier alpha value is -3.87. The second-order valence-electron chi connectivity index (χ2n) is 6.10. The fraction of sp³-hybridized carbons (Fsp3) is 0.0952. The summed E-state index contributed by atoms with van der Waals surface area (Å²) < 4.78 is 0. The van der Waals surface area contributed by atoms with Crippen LogP contribution in [0.15, 0.2) is 66.9 Å². The first kappa shape index (κ1) is 18.9. The van der Waals surface area contributed by atoms with Crippen LogP contribution in [0.3, 0.4) is 0 Å². The summed E-state index contributed by atoms with van der Waals surface area (Å²) in [6.07, 6.45) is 1.43. The molecule has 0 radical (unpaired) electrons. The molecule has 0 aliphatic rings. The van der Waals surface area contributed by atoms with E-state index in [4.69, 9.17) is 5.73 Å². The van der Waals surface area contributed by atoms with Gasteiger partial charge in [0.2, 0.25) is 0 Å². The molecule has 0 saturated carbocycles. The maximum atomic E-state index is 11.8. The van der Waals surface area contributed by atoms with E-state index in [2.05, 4.69) is 20.9 Å². The van der Waals surface area contributed by atoms with Crippen LogP contribution >= 0.6 is 0 Å². The molecule has 0 saturated heterocycles. The van der Waals surface area contributed by atoms with E-state index in [1.165, 1.54) is 6.20 Å². The molecular formula is C21H21N5O2. The molecule has 142 valence electrons. The molecule has 2 aromatic carbocycles. The van der Waals surface area contributed by atoms with Crippen molar-refractivity contribution >= 4 is 29.0 Å². The molecule has 0 unspecified atom stereocenters. The number of carbonyl (C=O) groups excluding carboxylic acids is 2. The second-order valence-corrected chi connectivity index (χ2v) is 6.10. The Morgan fingerprint density at radius 2 is 1.82 bits per heavy atom. The van der Waals surface area contributed by atoms with Crippen LogP contribution in [-0.4, -0.2) is 23.8 Å². The first-order valence-corrected chi connectivity index (χ1v) is 8.73. The zero-order valence-electron chi connectivity index (χ0n) is 15.4. The van der Waals surface area contributed by atoms with E-state index in [-0.39, 0.29) is 5.91 Å². The van der Waals surface area contributed by atoms with E-state index in [9.17, 15) is 9.59 Å². The van der Waals surface area contributed by atoms with Gasteiger partial charge < -0.3 is 21.7 Å². The number of benzene rings is 2. The first-order chi connectivity index (χ1) is 13.6. The Morgan fingerprint density at radius 1 is 1.04 bits per heavy atom. The van der Waals surface area contributed by atoms with Crippen molar-refractivity contribution in [3.63, 3.8) is 0 Å². The zero-order chi connectivity index (χ0) is 19.9. The van der Waals surface area contributed by atoms with Gasteiger partial charge in [-0.15, -0.1) is 0 Å². The molecule has 1 aromatic heterocycles. The predicted molar refractivity (Wildman–Crippen MR) is 110 cm³/mol. The third-order valence-electron chi connectivity index (χ3n) is 4.12. The lowest BCUT2D eigenvalue weighted by molar-refractivity contribution is 0.0961. The fourth-order valence-corrected chi connectivity index (χ4v) is 2.69. The van der Waals surface area contributed by atoms with Crippen LogP contribution in [0.2, 0.25) is 0 Å². The maximum Gasteiger partial charge on any atom is 0.252 e. The summed E-state index contributed by atoms with van der Waals surface area (Å²) in [7, 11) is 1.58. The van der Waals surface area contributed by atoms with Crippen molar-refractivity contribution in [2.24, 2.45) is 5.73 Å². The Bertz CT molecular complexity index is 989. The second kappa shape index (κ2) is 8.68. The molecule has 0 bridgehead atoms. The molecule has 28 heavy (non-hydrogen) atoms.